The number of aromatic nitrogens is 2. The van der Waals surface area contributed by atoms with Crippen LogP contribution in [0, 0.1) is 5.41 Å². The molecule has 0 spiro atoms. The standard InChI is InChI=1S/C16H23N3O2/c1-16(2,9-6-10-20)11-17-15(21)14-12-7-4-5-8-13(12)19(3)18-14/h4-5,7-8,20H,6,9-11H2,1-3H3,(H,17,21). The Morgan fingerprint density at radius 1 is 1.38 bits per heavy atom. The lowest BCUT2D eigenvalue weighted by Gasteiger charge is -2.24. The summed E-state index contributed by atoms with van der Waals surface area (Å²) in [5.74, 6) is -0.149. The molecular formula is C16H23N3O2. The maximum Gasteiger partial charge on any atom is 0.272 e. The third kappa shape index (κ3) is 3.61. The van der Waals surface area contributed by atoms with E-state index in [1.54, 1.807) is 4.68 Å². The van der Waals surface area contributed by atoms with Crippen LogP contribution in [0.1, 0.15) is 37.2 Å². The molecule has 0 saturated carbocycles. The maximum absolute atomic E-state index is 12.4. The highest BCUT2D eigenvalue weighted by atomic mass is 16.2. The van der Waals surface area contributed by atoms with E-state index in [0.29, 0.717) is 12.2 Å². The van der Waals surface area contributed by atoms with E-state index < -0.39 is 0 Å². The molecule has 1 amide bonds. The van der Waals surface area contributed by atoms with Crippen LogP contribution in [-0.4, -0.2) is 33.9 Å². The van der Waals surface area contributed by atoms with Crippen molar-refractivity contribution >= 4 is 16.8 Å². The number of aliphatic hydroxyl groups is 1. The van der Waals surface area contributed by atoms with Gasteiger partial charge in [0, 0.05) is 25.6 Å². The predicted octanol–water partition coefficient (Wildman–Crippen LogP) is 2.10. The summed E-state index contributed by atoms with van der Waals surface area (Å²) in [4.78, 5) is 12.4. The van der Waals surface area contributed by atoms with Crippen molar-refractivity contribution in [2.75, 3.05) is 13.2 Å². The Bertz CT molecular complexity index is 631. The number of para-hydroxylation sites is 1. The van der Waals surface area contributed by atoms with E-state index in [4.69, 9.17) is 5.11 Å². The molecule has 5 nitrogen and oxygen atoms in total. The van der Waals surface area contributed by atoms with Gasteiger partial charge >= 0.3 is 0 Å². The Morgan fingerprint density at radius 2 is 2.10 bits per heavy atom. The first kappa shape index (κ1) is 15.5. The Hall–Kier alpha value is -1.88. The largest absolute Gasteiger partial charge is 0.396 e. The monoisotopic (exact) mass is 289 g/mol. The van der Waals surface area contributed by atoms with Gasteiger partial charge in [-0.3, -0.25) is 9.48 Å². The third-order valence-corrected chi connectivity index (χ3v) is 3.71. The second-order valence-corrected chi connectivity index (χ2v) is 6.16. The summed E-state index contributed by atoms with van der Waals surface area (Å²) in [6.07, 6.45) is 1.61. The number of aryl methyl sites for hydroxylation is 1. The minimum atomic E-state index is -0.149. The van der Waals surface area contributed by atoms with Crippen molar-refractivity contribution in [2.24, 2.45) is 12.5 Å². The van der Waals surface area contributed by atoms with Gasteiger partial charge in [-0.2, -0.15) is 5.10 Å². The lowest BCUT2D eigenvalue weighted by atomic mass is 9.88. The number of benzene rings is 1. The topological polar surface area (TPSA) is 67.2 Å². The zero-order chi connectivity index (χ0) is 15.5. The van der Waals surface area contributed by atoms with Crippen LogP contribution < -0.4 is 5.32 Å². The second-order valence-electron chi connectivity index (χ2n) is 6.16. The Kier molecular flexibility index (Phi) is 4.63. The predicted molar refractivity (Wildman–Crippen MR) is 83.1 cm³/mol. The number of carbonyl (C=O) groups excluding carboxylic acids is 1. The fraction of sp³-hybridized carbons (Fsp3) is 0.500. The van der Waals surface area contributed by atoms with E-state index in [0.717, 1.165) is 23.7 Å². The number of amides is 1. The summed E-state index contributed by atoms with van der Waals surface area (Å²) in [7, 11) is 1.84. The molecule has 0 radical (unpaired) electrons. The molecule has 5 heteroatoms. The van der Waals surface area contributed by atoms with Gasteiger partial charge in [-0.05, 0) is 24.3 Å². The molecular weight excluding hydrogens is 266 g/mol. The number of hydrogen-bond acceptors (Lipinski definition) is 3. The van der Waals surface area contributed by atoms with Crippen molar-refractivity contribution in [3.63, 3.8) is 0 Å². The highest BCUT2D eigenvalue weighted by molar-refractivity contribution is 6.04. The number of rotatable bonds is 6. The molecule has 0 saturated heterocycles. The molecule has 114 valence electrons. The maximum atomic E-state index is 12.4. The van der Waals surface area contributed by atoms with Crippen LogP contribution in [0.5, 0.6) is 0 Å². The van der Waals surface area contributed by atoms with Crippen LogP contribution in [0.4, 0.5) is 0 Å². The number of aliphatic hydroxyl groups excluding tert-OH is 1. The van der Waals surface area contributed by atoms with Gasteiger partial charge in [-0.15, -0.1) is 0 Å². The molecule has 0 aliphatic heterocycles. The molecule has 0 atom stereocenters. The highest BCUT2D eigenvalue weighted by Gasteiger charge is 2.21. The van der Waals surface area contributed by atoms with E-state index in [1.807, 2.05) is 31.3 Å². The quantitative estimate of drug-likeness (QED) is 0.856. The minimum Gasteiger partial charge on any atom is -0.396 e. The van der Waals surface area contributed by atoms with Gasteiger partial charge in [0.05, 0.1) is 5.52 Å². The van der Waals surface area contributed by atoms with Gasteiger partial charge in [0.15, 0.2) is 5.69 Å². The van der Waals surface area contributed by atoms with Crippen LogP contribution >= 0.6 is 0 Å². The van der Waals surface area contributed by atoms with Gasteiger partial charge < -0.3 is 10.4 Å². The van der Waals surface area contributed by atoms with E-state index in [2.05, 4.69) is 24.3 Å². The van der Waals surface area contributed by atoms with Crippen LogP contribution in [-0.2, 0) is 7.05 Å². The van der Waals surface area contributed by atoms with Crippen molar-refractivity contribution in [1.29, 1.82) is 0 Å². The first-order valence-electron chi connectivity index (χ1n) is 7.25. The van der Waals surface area contributed by atoms with Crippen molar-refractivity contribution in [3.8, 4) is 0 Å². The average Bonchev–Trinajstić information content (AvgIpc) is 2.81. The molecule has 2 rings (SSSR count). The fourth-order valence-corrected chi connectivity index (χ4v) is 2.43. The van der Waals surface area contributed by atoms with E-state index in [9.17, 15) is 4.79 Å². The molecule has 1 aromatic heterocycles. The fourth-order valence-electron chi connectivity index (χ4n) is 2.43. The second kappa shape index (κ2) is 6.26. The van der Waals surface area contributed by atoms with E-state index in [-0.39, 0.29) is 17.9 Å². The molecule has 21 heavy (non-hydrogen) atoms. The van der Waals surface area contributed by atoms with Crippen molar-refractivity contribution < 1.29 is 9.90 Å². The number of fused-ring (bicyclic) bond motifs is 1. The summed E-state index contributed by atoms with van der Waals surface area (Å²) in [6.45, 7) is 4.91. The van der Waals surface area contributed by atoms with Crippen LogP contribution in [0.15, 0.2) is 24.3 Å². The molecule has 0 unspecified atom stereocenters. The van der Waals surface area contributed by atoms with Gasteiger partial charge in [0.2, 0.25) is 0 Å². The Balaban J connectivity index is 2.09. The van der Waals surface area contributed by atoms with Gasteiger partial charge in [-0.1, -0.05) is 32.0 Å². The third-order valence-electron chi connectivity index (χ3n) is 3.71. The van der Waals surface area contributed by atoms with Crippen molar-refractivity contribution in [1.82, 2.24) is 15.1 Å². The van der Waals surface area contributed by atoms with Crippen molar-refractivity contribution in [3.05, 3.63) is 30.0 Å². The molecule has 0 aliphatic carbocycles. The number of hydrogen-bond donors (Lipinski definition) is 2. The molecule has 0 bridgehead atoms. The molecule has 0 aliphatic rings. The van der Waals surface area contributed by atoms with Gasteiger partial charge in [0.1, 0.15) is 0 Å². The summed E-state index contributed by atoms with van der Waals surface area (Å²) in [5, 5.41) is 17.0. The summed E-state index contributed by atoms with van der Waals surface area (Å²) < 4.78 is 1.72. The normalized spacial score (nSPS) is 11.8. The zero-order valence-electron chi connectivity index (χ0n) is 12.9. The molecule has 1 aromatic carbocycles. The van der Waals surface area contributed by atoms with Crippen molar-refractivity contribution in [2.45, 2.75) is 26.7 Å². The summed E-state index contributed by atoms with van der Waals surface area (Å²) >= 11 is 0. The SMILES string of the molecule is Cn1nc(C(=O)NCC(C)(C)CCCO)c2ccccc21. The number of nitrogens with one attached hydrogen (secondary N) is 1. The van der Waals surface area contributed by atoms with E-state index in [1.165, 1.54) is 0 Å². The van der Waals surface area contributed by atoms with Gasteiger partial charge in [0.25, 0.3) is 5.91 Å². The lowest BCUT2D eigenvalue weighted by Crippen LogP contribution is -2.34. The minimum absolute atomic E-state index is 0.0387. The number of carbonyl (C=O) groups is 1. The lowest BCUT2D eigenvalue weighted by molar-refractivity contribution is 0.0929. The van der Waals surface area contributed by atoms with Crippen LogP contribution in [0.25, 0.3) is 10.9 Å². The van der Waals surface area contributed by atoms with Crippen LogP contribution in [0.3, 0.4) is 0 Å². The Labute approximate surface area is 125 Å². The number of nitrogens with zero attached hydrogens (tertiary/aromatic N) is 2. The Morgan fingerprint density at radius 3 is 2.81 bits per heavy atom. The summed E-state index contributed by atoms with van der Waals surface area (Å²) in [5.41, 5.74) is 1.37. The molecule has 2 N–H and O–H groups in total. The van der Waals surface area contributed by atoms with Crippen LogP contribution in [0.2, 0.25) is 0 Å². The molecule has 1 heterocycles. The summed E-state index contributed by atoms with van der Waals surface area (Å²) in [6, 6.07) is 7.70. The van der Waals surface area contributed by atoms with E-state index >= 15 is 0 Å². The smallest absolute Gasteiger partial charge is 0.272 e. The molecule has 0 fully saturated rings. The van der Waals surface area contributed by atoms with Gasteiger partial charge in [-0.25, -0.2) is 0 Å². The highest BCUT2D eigenvalue weighted by Crippen LogP contribution is 2.22. The zero-order valence-corrected chi connectivity index (χ0v) is 12.9. The average molecular weight is 289 g/mol. The molecule has 2 aromatic rings. The first-order chi connectivity index (χ1) is 9.94. The first-order valence-corrected chi connectivity index (χ1v) is 7.25.